The molecule has 33 heavy (non-hydrogen) atoms. The van der Waals surface area contributed by atoms with Gasteiger partial charge in [-0.3, -0.25) is 4.79 Å². The Morgan fingerprint density at radius 2 is 1.94 bits per heavy atom. The summed E-state index contributed by atoms with van der Waals surface area (Å²) in [4.78, 5) is 12.1. The first-order valence-electron chi connectivity index (χ1n) is 10.5. The van der Waals surface area contributed by atoms with Crippen LogP contribution in [0.5, 0.6) is 0 Å². The van der Waals surface area contributed by atoms with Crippen LogP contribution < -0.4 is 0 Å². The Hall–Kier alpha value is -2.84. The number of carboxylic acid groups (broad SMARTS) is 1. The number of carbonyl (C=O) groups is 1. The van der Waals surface area contributed by atoms with Gasteiger partial charge in [0, 0.05) is 34.7 Å². The Morgan fingerprint density at radius 1 is 1.24 bits per heavy atom. The maximum absolute atomic E-state index is 14.4. The zero-order chi connectivity index (χ0) is 23.8. The average molecular weight is 486 g/mol. The van der Waals surface area contributed by atoms with Gasteiger partial charge in [-0.05, 0) is 48.1 Å². The first kappa shape index (κ1) is 23.3. The molecule has 1 aliphatic rings. The van der Waals surface area contributed by atoms with Gasteiger partial charge in [0.2, 0.25) is 0 Å². The fourth-order valence-corrected chi connectivity index (χ4v) is 6.50. The molecule has 0 radical (unpaired) electrons. The number of rotatable bonds is 7. The molecule has 1 aromatic heterocycles. The van der Waals surface area contributed by atoms with Gasteiger partial charge >= 0.3 is 5.97 Å². The van der Waals surface area contributed by atoms with E-state index >= 15 is 0 Å². The Bertz CT molecular complexity index is 1400. The molecule has 2 aromatic carbocycles. The van der Waals surface area contributed by atoms with Crippen molar-refractivity contribution >= 4 is 50.6 Å². The molecule has 1 N–H and O–H groups in total. The molecule has 5 nitrogen and oxygen atoms in total. The molecule has 2 heterocycles. The number of halogens is 1. The smallest absolute Gasteiger partial charge is 0.304 e. The van der Waals surface area contributed by atoms with Gasteiger partial charge in [-0.15, -0.1) is 0 Å². The lowest BCUT2D eigenvalue weighted by Gasteiger charge is -2.10. The highest BCUT2D eigenvalue weighted by Crippen LogP contribution is 2.47. The summed E-state index contributed by atoms with van der Waals surface area (Å²) < 4.78 is 41.4. The summed E-state index contributed by atoms with van der Waals surface area (Å²) >= 11 is 1.35. The second-order valence-electron chi connectivity index (χ2n) is 8.07. The van der Waals surface area contributed by atoms with Crippen LogP contribution in [0.4, 0.5) is 4.39 Å². The third-order valence-electron chi connectivity index (χ3n) is 5.77. The lowest BCUT2D eigenvalue weighted by molar-refractivity contribution is -0.137. The molecule has 1 aliphatic heterocycles. The number of aryl methyl sites for hydroxylation is 1. The summed E-state index contributed by atoms with van der Waals surface area (Å²) in [5.74, 6) is -1.81. The van der Waals surface area contributed by atoms with Crippen molar-refractivity contribution in [2.75, 3.05) is 6.26 Å². The summed E-state index contributed by atoms with van der Waals surface area (Å²) in [6.07, 6.45) is 7.52. The van der Waals surface area contributed by atoms with E-state index in [-0.39, 0.29) is 17.2 Å². The van der Waals surface area contributed by atoms with Crippen molar-refractivity contribution in [3.8, 4) is 0 Å². The normalized spacial score (nSPS) is 16.3. The molecular formula is C25H24FNO4S2. The first-order chi connectivity index (χ1) is 15.7. The van der Waals surface area contributed by atoms with Gasteiger partial charge in [0.25, 0.3) is 0 Å². The Labute approximate surface area is 196 Å². The Morgan fingerprint density at radius 3 is 2.58 bits per heavy atom. The van der Waals surface area contributed by atoms with E-state index in [1.165, 1.54) is 17.8 Å². The number of allylic oxidation sites excluding steroid dienone is 1. The SMILES string of the molecule is C/C=C\c1ccccc1/C=C/Sc1c2n(c3cc(F)cc(S(C)(=O)=O)c13)CCC2CC(=O)O. The third kappa shape index (κ3) is 4.63. The number of fused-ring (bicyclic) bond motifs is 3. The van der Waals surface area contributed by atoms with E-state index in [2.05, 4.69) is 0 Å². The van der Waals surface area contributed by atoms with Crippen LogP contribution in [0, 0.1) is 5.82 Å². The zero-order valence-corrected chi connectivity index (χ0v) is 19.9. The molecule has 8 heteroatoms. The van der Waals surface area contributed by atoms with Gasteiger partial charge in [-0.1, -0.05) is 48.2 Å². The van der Waals surface area contributed by atoms with Gasteiger partial charge in [-0.25, -0.2) is 12.8 Å². The second-order valence-corrected chi connectivity index (χ2v) is 11.0. The number of sulfone groups is 1. The van der Waals surface area contributed by atoms with E-state index in [9.17, 15) is 22.7 Å². The molecule has 0 saturated heterocycles. The average Bonchev–Trinajstić information content (AvgIpc) is 3.27. The maximum atomic E-state index is 14.4. The summed E-state index contributed by atoms with van der Waals surface area (Å²) in [5.41, 5.74) is 3.30. The van der Waals surface area contributed by atoms with Gasteiger partial charge in [-0.2, -0.15) is 0 Å². The highest BCUT2D eigenvalue weighted by Gasteiger charge is 2.33. The summed E-state index contributed by atoms with van der Waals surface area (Å²) in [5, 5.41) is 11.7. The van der Waals surface area contributed by atoms with Gasteiger partial charge in [0.15, 0.2) is 9.84 Å². The van der Waals surface area contributed by atoms with Crippen molar-refractivity contribution < 1.29 is 22.7 Å². The number of carboxylic acids is 1. The minimum Gasteiger partial charge on any atom is -0.481 e. The fraction of sp³-hybridized carbons (Fsp3) is 0.240. The molecule has 4 rings (SSSR count). The predicted molar refractivity (Wildman–Crippen MR) is 131 cm³/mol. The van der Waals surface area contributed by atoms with Crippen LogP contribution >= 0.6 is 11.8 Å². The van der Waals surface area contributed by atoms with Crippen LogP contribution in [0.25, 0.3) is 23.1 Å². The van der Waals surface area contributed by atoms with Crippen LogP contribution in [0.3, 0.4) is 0 Å². The van der Waals surface area contributed by atoms with Crippen LogP contribution in [0.15, 0.2) is 57.7 Å². The summed E-state index contributed by atoms with van der Waals surface area (Å²) in [6.45, 7) is 2.46. The molecule has 1 unspecified atom stereocenters. The van der Waals surface area contributed by atoms with Gasteiger partial charge in [0.1, 0.15) is 5.82 Å². The van der Waals surface area contributed by atoms with Crippen molar-refractivity contribution in [3.63, 3.8) is 0 Å². The minimum absolute atomic E-state index is 0.0611. The number of benzene rings is 2. The summed E-state index contributed by atoms with van der Waals surface area (Å²) in [7, 11) is -3.71. The van der Waals surface area contributed by atoms with E-state index in [0.717, 1.165) is 29.1 Å². The van der Waals surface area contributed by atoms with E-state index in [1.807, 2.05) is 59.4 Å². The molecule has 3 aromatic rings. The number of nitrogens with zero attached hydrogens (tertiary/aromatic N) is 1. The summed E-state index contributed by atoms with van der Waals surface area (Å²) in [6, 6.07) is 10.3. The standard InChI is InChI=1S/C25H24FNO4S2/c1-3-6-16-7-4-5-8-17(16)10-12-32-25-23-20(14-19(26)15-21(23)33(2,30)31)27-11-9-18(24(25)27)13-22(28)29/h3-8,10,12,14-15,18H,9,11,13H2,1-2H3,(H,28,29)/b6-3-,12-10+. The van der Waals surface area contributed by atoms with E-state index in [4.69, 9.17) is 0 Å². The molecule has 0 spiro atoms. The molecular weight excluding hydrogens is 461 g/mol. The maximum Gasteiger partial charge on any atom is 0.304 e. The Balaban J connectivity index is 1.89. The molecule has 0 aliphatic carbocycles. The van der Waals surface area contributed by atoms with E-state index in [0.29, 0.717) is 28.8 Å². The van der Waals surface area contributed by atoms with Crippen molar-refractivity contribution in [3.05, 3.63) is 70.5 Å². The lowest BCUT2D eigenvalue weighted by atomic mass is 10.0. The molecule has 172 valence electrons. The Kier molecular flexibility index (Phi) is 6.50. The molecule has 0 saturated carbocycles. The van der Waals surface area contributed by atoms with Crippen molar-refractivity contribution in [2.45, 2.75) is 42.0 Å². The minimum atomic E-state index is -3.71. The quantitative estimate of drug-likeness (QED) is 0.419. The van der Waals surface area contributed by atoms with Crippen LogP contribution in [-0.4, -0.2) is 30.3 Å². The second kappa shape index (κ2) is 9.19. The highest BCUT2D eigenvalue weighted by atomic mass is 32.2. The number of aliphatic carboxylic acids is 1. The highest BCUT2D eigenvalue weighted by molar-refractivity contribution is 8.02. The zero-order valence-electron chi connectivity index (χ0n) is 18.3. The molecule has 0 bridgehead atoms. The van der Waals surface area contributed by atoms with Crippen molar-refractivity contribution in [2.24, 2.45) is 0 Å². The van der Waals surface area contributed by atoms with Gasteiger partial charge < -0.3 is 9.67 Å². The van der Waals surface area contributed by atoms with Crippen LogP contribution in [0.1, 0.15) is 42.5 Å². The van der Waals surface area contributed by atoms with Crippen LogP contribution in [0.2, 0.25) is 0 Å². The van der Waals surface area contributed by atoms with Crippen LogP contribution in [-0.2, 0) is 21.2 Å². The fourth-order valence-electron chi connectivity index (χ4n) is 4.45. The predicted octanol–water partition coefficient (Wildman–Crippen LogP) is 5.94. The molecule has 0 fully saturated rings. The van der Waals surface area contributed by atoms with Gasteiger partial charge in [0.05, 0.1) is 16.8 Å². The largest absolute Gasteiger partial charge is 0.481 e. The van der Waals surface area contributed by atoms with Crippen molar-refractivity contribution in [1.29, 1.82) is 0 Å². The number of thioether (sulfide) groups is 1. The third-order valence-corrected chi connectivity index (χ3v) is 7.81. The number of aromatic nitrogens is 1. The first-order valence-corrected chi connectivity index (χ1v) is 13.3. The topological polar surface area (TPSA) is 76.4 Å². The molecule has 1 atom stereocenters. The molecule has 0 amide bonds. The number of hydrogen-bond acceptors (Lipinski definition) is 4. The van der Waals surface area contributed by atoms with Crippen molar-refractivity contribution in [1.82, 2.24) is 4.57 Å². The van der Waals surface area contributed by atoms with E-state index in [1.54, 1.807) is 0 Å². The lowest BCUT2D eigenvalue weighted by Crippen LogP contribution is -2.04. The monoisotopic (exact) mass is 485 g/mol. The van der Waals surface area contributed by atoms with E-state index < -0.39 is 21.6 Å². The number of hydrogen-bond donors (Lipinski definition) is 1.